The molecule has 2 N–H and O–H groups in total. The van der Waals surface area contributed by atoms with Crippen LogP contribution in [0.15, 0.2) is 12.1 Å². The Balaban J connectivity index is 1.58. The number of hydrazine groups is 1. The quantitative estimate of drug-likeness (QED) is 0.440. The normalized spacial score (nSPS) is 18.4. The molecule has 2 heterocycles. The lowest BCUT2D eigenvalue weighted by atomic mass is 9.82. The summed E-state index contributed by atoms with van der Waals surface area (Å²) in [7, 11) is 0. The van der Waals surface area contributed by atoms with Gasteiger partial charge in [0.25, 0.3) is 11.8 Å². The van der Waals surface area contributed by atoms with Gasteiger partial charge in [-0.3, -0.25) is 15.0 Å². The van der Waals surface area contributed by atoms with Crippen molar-refractivity contribution in [2.24, 2.45) is 0 Å². The lowest BCUT2D eigenvalue weighted by Gasteiger charge is -2.30. The van der Waals surface area contributed by atoms with Crippen LogP contribution in [-0.2, 0) is 14.3 Å². The molecule has 1 spiro atoms. The third kappa shape index (κ3) is 3.98. The van der Waals surface area contributed by atoms with Crippen LogP contribution in [0.1, 0.15) is 42.6 Å². The number of amides is 4. The molecule has 1 aromatic heterocycles. The Morgan fingerprint density at radius 3 is 2.63 bits per heavy atom. The van der Waals surface area contributed by atoms with Crippen molar-refractivity contribution < 1.29 is 23.9 Å². The van der Waals surface area contributed by atoms with Crippen molar-refractivity contribution in [3.8, 4) is 0 Å². The Kier molecular flexibility index (Phi) is 5.52. The second kappa shape index (κ2) is 7.69. The van der Waals surface area contributed by atoms with Gasteiger partial charge in [-0.15, -0.1) is 0 Å². The van der Waals surface area contributed by atoms with Gasteiger partial charge in [0.2, 0.25) is 0 Å². The number of halogens is 2. The third-order valence-electron chi connectivity index (χ3n) is 4.45. The standard InChI is InChI=1S/C16H16Cl2N4O5/c17-9-4-5-10(18)19-12(9)13(24)27-8-11(23)21-22-14(25)16(20-15(22)26)6-2-1-3-7-16/h4-5H,1-3,6-8H2,(H,20,26)(H,21,23). The lowest BCUT2D eigenvalue weighted by molar-refractivity contribution is -0.140. The first-order chi connectivity index (χ1) is 12.8. The van der Waals surface area contributed by atoms with Gasteiger partial charge in [0, 0.05) is 0 Å². The molecule has 1 aliphatic heterocycles. The largest absolute Gasteiger partial charge is 0.451 e. The number of rotatable bonds is 4. The van der Waals surface area contributed by atoms with Crippen molar-refractivity contribution >= 4 is 47.0 Å². The molecule has 0 atom stereocenters. The van der Waals surface area contributed by atoms with E-state index in [0.29, 0.717) is 17.9 Å². The lowest BCUT2D eigenvalue weighted by Crippen LogP contribution is -2.51. The van der Waals surface area contributed by atoms with Crippen molar-refractivity contribution in [2.45, 2.75) is 37.6 Å². The highest BCUT2D eigenvalue weighted by Gasteiger charge is 2.52. The fourth-order valence-corrected chi connectivity index (χ4v) is 3.46. The minimum atomic E-state index is -0.961. The van der Waals surface area contributed by atoms with Gasteiger partial charge in [0.15, 0.2) is 12.3 Å². The molecule has 3 rings (SSSR count). The average Bonchev–Trinajstić information content (AvgIpc) is 2.86. The van der Waals surface area contributed by atoms with Crippen LogP contribution in [0.4, 0.5) is 4.79 Å². The van der Waals surface area contributed by atoms with Gasteiger partial charge in [0.1, 0.15) is 10.7 Å². The molecule has 1 aromatic rings. The number of pyridine rings is 1. The van der Waals surface area contributed by atoms with E-state index in [0.717, 1.165) is 19.3 Å². The predicted molar refractivity (Wildman–Crippen MR) is 93.9 cm³/mol. The maximum atomic E-state index is 12.5. The molecule has 0 bridgehead atoms. The highest BCUT2D eigenvalue weighted by Crippen LogP contribution is 2.32. The van der Waals surface area contributed by atoms with Crippen LogP contribution in [0.3, 0.4) is 0 Å². The predicted octanol–water partition coefficient (Wildman–Crippen LogP) is 1.83. The topological polar surface area (TPSA) is 118 Å². The van der Waals surface area contributed by atoms with Crippen LogP contribution in [0.5, 0.6) is 0 Å². The number of hydrogen-bond acceptors (Lipinski definition) is 6. The summed E-state index contributed by atoms with van der Waals surface area (Å²) in [5.41, 5.74) is 0.956. The summed E-state index contributed by atoms with van der Waals surface area (Å²) in [4.78, 5) is 52.3. The number of esters is 1. The van der Waals surface area contributed by atoms with E-state index >= 15 is 0 Å². The van der Waals surface area contributed by atoms with Crippen molar-refractivity contribution in [1.29, 1.82) is 0 Å². The van der Waals surface area contributed by atoms with Crippen LogP contribution in [-0.4, -0.2) is 46.0 Å². The van der Waals surface area contributed by atoms with E-state index in [-0.39, 0.29) is 15.9 Å². The molecule has 0 radical (unpaired) electrons. The van der Waals surface area contributed by atoms with Crippen LogP contribution >= 0.6 is 23.2 Å². The number of imide groups is 1. The van der Waals surface area contributed by atoms with E-state index in [1.807, 2.05) is 0 Å². The zero-order valence-corrected chi connectivity index (χ0v) is 15.6. The molecule has 1 aliphatic carbocycles. The van der Waals surface area contributed by atoms with E-state index in [9.17, 15) is 19.2 Å². The van der Waals surface area contributed by atoms with Crippen LogP contribution in [0, 0.1) is 0 Å². The molecular weight excluding hydrogens is 399 g/mol. The van der Waals surface area contributed by atoms with Crippen molar-refractivity contribution in [3.63, 3.8) is 0 Å². The van der Waals surface area contributed by atoms with E-state index in [1.54, 1.807) is 0 Å². The Morgan fingerprint density at radius 2 is 1.93 bits per heavy atom. The van der Waals surface area contributed by atoms with Crippen LogP contribution < -0.4 is 10.7 Å². The Morgan fingerprint density at radius 1 is 1.22 bits per heavy atom. The monoisotopic (exact) mass is 414 g/mol. The minimum Gasteiger partial charge on any atom is -0.451 e. The molecule has 144 valence electrons. The highest BCUT2D eigenvalue weighted by atomic mass is 35.5. The third-order valence-corrected chi connectivity index (χ3v) is 4.96. The number of hydrogen-bond donors (Lipinski definition) is 2. The summed E-state index contributed by atoms with van der Waals surface area (Å²) in [5, 5.41) is 3.33. The summed E-state index contributed by atoms with van der Waals surface area (Å²) in [6.45, 7) is -0.729. The summed E-state index contributed by atoms with van der Waals surface area (Å²) >= 11 is 11.5. The van der Waals surface area contributed by atoms with Gasteiger partial charge >= 0.3 is 12.0 Å². The fraction of sp³-hybridized carbons (Fsp3) is 0.438. The summed E-state index contributed by atoms with van der Waals surface area (Å²) in [5.74, 6) is -2.32. The number of nitrogens with zero attached hydrogens (tertiary/aromatic N) is 2. The Hall–Kier alpha value is -2.39. The van der Waals surface area contributed by atoms with E-state index < -0.39 is 36.0 Å². The van der Waals surface area contributed by atoms with Crippen molar-refractivity contribution in [1.82, 2.24) is 20.7 Å². The number of nitrogens with one attached hydrogen (secondary N) is 2. The minimum absolute atomic E-state index is 0.0122. The second-order valence-electron chi connectivity index (χ2n) is 6.29. The first-order valence-electron chi connectivity index (χ1n) is 8.28. The Bertz CT molecular complexity index is 810. The highest BCUT2D eigenvalue weighted by molar-refractivity contribution is 6.34. The zero-order valence-electron chi connectivity index (χ0n) is 14.1. The number of carbonyl (C=O) groups excluding carboxylic acids is 4. The fourth-order valence-electron chi connectivity index (χ4n) is 3.13. The maximum absolute atomic E-state index is 12.5. The zero-order chi connectivity index (χ0) is 19.6. The molecule has 2 aliphatic rings. The number of aromatic nitrogens is 1. The Labute approximate surface area is 164 Å². The van der Waals surface area contributed by atoms with Gasteiger partial charge < -0.3 is 10.1 Å². The van der Waals surface area contributed by atoms with Crippen LogP contribution in [0.25, 0.3) is 0 Å². The number of ether oxygens (including phenoxy) is 1. The summed E-state index contributed by atoms with van der Waals surface area (Å²) in [6, 6.07) is 2.05. The molecule has 0 aromatic carbocycles. The molecule has 1 saturated heterocycles. The van der Waals surface area contributed by atoms with Crippen molar-refractivity contribution in [3.05, 3.63) is 28.0 Å². The second-order valence-corrected chi connectivity index (χ2v) is 7.08. The average molecular weight is 415 g/mol. The maximum Gasteiger partial charge on any atom is 0.359 e. The van der Waals surface area contributed by atoms with Gasteiger partial charge in [-0.25, -0.2) is 14.6 Å². The molecule has 0 unspecified atom stereocenters. The molecular formula is C16H16Cl2N4O5. The van der Waals surface area contributed by atoms with Gasteiger partial charge in [-0.1, -0.05) is 42.5 Å². The molecule has 11 heteroatoms. The number of urea groups is 1. The van der Waals surface area contributed by atoms with E-state index in [2.05, 4.69) is 15.7 Å². The first-order valence-corrected chi connectivity index (χ1v) is 9.03. The van der Waals surface area contributed by atoms with Crippen LogP contribution in [0.2, 0.25) is 10.2 Å². The van der Waals surface area contributed by atoms with Crippen molar-refractivity contribution in [2.75, 3.05) is 6.61 Å². The number of carbonyl (C=O) groups is 4. The first kappa shape index (κ1) is 19.4. The smallest absolute Gasteiger partial charge is 0.359 e. The SMILES string of the molecule is O=C(COC(=O)c1nc(Cl)ccc1Cl)NN1C(=O)NC2(CCCCC2)C1=O. The van der Waals surface area contributed by atoms with Gasteiger partial charge in [-0.2, -0.15) is 5.01 Å². The summed E-state index contributed by atoms with van der Waals surface area (Å²) < 4.78 is 4.82. The summed E-state index contributed by atoms with van der Waals surface area (Å²) in [6.07, 6.45) is 3.68. The van der Waals surface area contributed by atoms with Gasteiger partial charge in [0.05, 0.1) is 5.02 Å². The van der Waals surface area contributed by atoms with E-state index in [1.165, 1.54) is 12.1 Å². The van der Waals surface area contributed by atoms with E-state index in [4.69, 9.17) is 27.9 Å². The molecule has 1 saturated carbocycles. The molecule has 9 nitrogen and oxygen atoms in total. The molecule has 27 heavy (non-hydrogen) atoms. The molecule has 2 fully saturated rings. The van der Waals surface area contributed by atoms with Gasteiger partial charge in [-0.05, 0) is 25.0 Å². The molecule has 4 amide bonds.